The predicted octanol–water partition coefficient (Wildman–Crippen LogP) is 7.57. The van der Waals surface area contributed by atoms with Crippen LogP contribution in [0, 0.1) is 13.9 Å². The molecule has 0 bridgehead atoms. The Bertz CT molecular complexity index is 1560. The van der Waals surface area contributed by atoms with Crippen LogP contribution in [0.25, 0.3) is 16.5 Å². The van der Waals surface area contributed by atoms with Crippen LogP contribution in [-0.2, 0) is 16.1 Å². The molecule has 1 aromatic heterocycles. The molecule has 0 spiro atoms. The van der Waals surface area contributed by atoms with Crippen molar-refractivity contribution in [2.45, 2.75) is 25.9 Å². The van der Waals surface area contributed by atoms with Gasteiger partial charge in [-0.25, -0.2) is 9.59 Å². The summed E-state index contributed by atoms with van der Waals surface area (Å²) in [5.41, 5.74) is 2.88. The van der Waals surface area contributed by atoms with Crippen LogP contribution >= 0.6 is 32.9 Å². The summed E-state index contributed by atoms with van der Waals surface area (Å²) in [6.45, 7) is 1.80. The van der Waals surface area contributed by atoms with E-state index >= 15 is 0 Å². The Labute approximate surface area is 242 Å². The molecule has 0 saturated heterocycles. The van der Waals surface area contributed by atoms with Crippen molar-refractivity contribution < 1.29 is 29.0 Å². The van der Waals surface area contributed by atoms with E-state index in [1.54, 1.807) is 94.3 Å². The summed E-state index contributed by atoms with van der Waals surface area (Å²) in [7, 11) is 3.15. The van der Waals surface area contributed by atoms with Crippen molar-refractivity contribution >= 4 is 50.9 Å². The molecule has 0 N–H and O–H groups in total. The SMILES string of the molecule is CCC(Cc1ccc(C(=O)Oc2ccc(/C=C/C(=O)Oc3ccc(-c4cc(=S)ss4)cc3)cc2)cc1)O[N+](=O)[O-]. The monoisotopic (exact) mass is 593 g/mol. The highest BCUT2D eigenvalue weighted by Crippen LogP contribution is 2.30. The van der Waals surface area contributed by atoms with Crippen LogP contribution in [0.1, 0.15) is 34.8 Å². The number of hydrogen-bond donors (Lipinski definition) is 0. The fourth-order valence-electron chi connectivity index (χ4n) is 3.60. The molecule has 0 amide bonds. The van der Waals surface area contributed by atoms with E-state index in [2.05, 4.69) is 4.84 Å². The fraction of sp³-hybridized carbons (Fsp3) is 0.138. The summed E-state index contributed by atoms with van der Waals surface area (Å²) in [5, 5.41) is 9.78. The molecule has 4 aromatic rings. The third kappa shape index (κ3) is 8.40. The fourth-order valence-corrected chi connectivity index (χ4v) is 6.01. The number of nitrogens with zero attached hydrogens (tertiary/aromatic N) is 1. The zero-order valence-corrected chi connectivity index (χ0v) is 23.6. The number of esters is 2. The van der Waals surface area contributed by atoms with Gasteiger partial charge in [-0.2, -0.15) is 0 Å². The van der Waals surface area contributed by atoms with E-state index in [4.69, 9.17) is 21.7 Å². The second-order valence-corrected chi connectivity index (χ2v) is 11.4. The highest BCUT2D eigenvalue weighted by molar-refractivity contribution is 7.80. The van der Waals surface area contributed by atoms with Gasteiger partial charge >= 0.3 is 11.9 Å². The first-order valence-electron chi connectivity index (χ1n) is 12.1. The van der Waals surface area contributed by atoms with Gasteiger partial charge in [-0.15, -0.1) is 10.1 Å². The first-order chi connectivity index (χ1) is 19.3. The molecule has 4 rings (SSSR count). The third-order valence-corrected chi connectivity index (χ3v) is 8.58. The smallest absolute Gasteiger partial charge is 0.343 e. The Kier molecular flexibility index (Phi) is 9.90. The number of hydrogen-bond acceptors (Lipinski definition) is 10. The van der Waals surface area contributed by atoms with E-state index in [1.807, 2.05) is 18.2 Å². The van der Waals surface area contributed by atoms with Gasteiger partial charge in [0.05, 0.1) is 5.56 Å². The Morgan fingerprint density at radius 3 is 2.20 bits per heavy atom. The molecule has 0 aliphatic rings. The first kappa shape index (κ1) is 28.8. The second kappa shape index (κ2) is 13.7. The molecule has 11 heteroatoms. The van der Waals surface area contributed by atoms with Gasteiger partial charge in [0.1, 0.15) is 21.4 Å². The lowest BCUT2D eigenvalue weighted by atomic mass is 10.0. The molecular formula is C29H23NO7S3. The van der Waals surface area contributed by atoms with Crippen molar-refractivity contribution in [2.75, 3.05) is 0 Å². The zero-order chi connectivity index (χ0) is 28.5. The van der Waals surface area contributed by atoms with E-state index < -0.39 is 23.1 Å². The second-order valence-electron chi connectivity index (χ2n) is 8.49. The predicted molar refractivity (Wildman–Crippen MR) is 157 cm³/mol. The van der Waals surface area contributed by atoms with Crippen LogP contribution in [0.2, 0.25) is 0 Å². The normalized spacial score (nSPS) is 11.6. The van der Waals surface area contributed by atoms with Crippen LogP contribution in [0.15, 0.2) is 84.9 Å². The van der Waals surface area contributed by atoms with E-state index in [1.165, 1.54) is 6.08 Å². The van der Waals surface area contributed by atoms with Crippen molar-refractivity contribution in [3.63, 3.8) is 0 Å². The molecule has 1 atom stereocenters. The number of carbonyl (C=O) groups is 2. The minimum Gasteiger partial charge on any atom is -0.423 e. The Balaban J connectivity index is 1.27. The quantitative estimate of drug-likeness (QED) is 0.0333. The van der Waals surface area contributed by atoms with Gasteiger partial charge in [0.25, 0.3) is 5.09 Å². The highest BCUT2D eigenvalue weighted by atomic mass is 32.9. The maximum Gasteiger partial charge on any atom is 0.343 e. The van der Waals surface area contributed by atoms with E-state index in [0.29, 0.717) is 29.9 Å². The molecule has 8 nitrogen and oxygen atoms in total. The summed E-state index contributed by atoms with van der Waals surface area (Å²) in [6.07, 6.45) is 3.21. The first-order valence-corrected chi connectivity index (χ1v) is 14.7. The molecule has 40 heavy (non-hydrogen) atoms. The molecular weight excluding hydrogens is 571 g/mol. The van der Waals surface area contributed by atoms with Gasteiger partial charge in [0.15, 0.2) is 0 Å². The molecule has 0 aliphatic carbocycles. The maximum absolute atomic E-state index is 12.5. The van der Waals surface area contributed by atoms with E-state index in [9.17, 15) is 19.7 Å². The Morgan fingerprint density at radius 2 is 1.60 bits per heavy atom. The number of carbonyl (C=O) groups excluding carboxylic acids is 2. The molecule has 0 aliphatic heterocycles. The summed E-state index contributed by atoms with van der Waals surface area (Å²) in [4.78, 5) is 41.0. The molecule has 0 radical (unpaired) electrons. The van der Waals surface area contributed by atoms with E-state index in [0.717, 1.165) is 25.4 Å². The minimum absolute atomic E-state index is 0.341. The summed E-state index contributed by atoms with van der Waals surface area (Å²) >= 11 is 5.17. The van der Waals surface area contributed by atoms with Gasteiger partial charge in [0, 0.05) is 11.0 Å². The average Bonchev–Trinajstić information content (AvgIpc) is 3.39. The average molecular weight is 594 g/mol. The zero-order valence-electron chi connectivity index (χ0n) is 21.2. The van der Waals surface area contributed by atoms with Crippen LogP contribution in [0.3, 0.4) is 0 Å². The minimum atomic E-state index is -0.794. The lowest BCUT2D eigenvalue weighted by Crippen LogP contribution is -2.19. The molecule has 1 heterocycles. The molecule has 1 unspecified atom stereocenters. The van der Waals surface area contributed by atoms with Gasteiger partial charge in [0.2, 0.25) is 0 Å². The van der Waals surface area contributed by atoms with Crippen LogP contribution in [0.5, 0.6) is 11.5 Å². The number of rotatable bonds is 11. The lowest BCUT2D eigenvalue weighted by Gasteiger charge is -2.12. The molecule has 204 valence electrons. The van der Waals surface area contributed by atoms with Gasteiger partial charge in [-0.05, 0) is 90.2 Å². The van der Waals surface area contributed by atoms with Gasteiger partial charge in [-0.1, -0.05) is 64.1 Å². The largest absolute Gasteiger partial charge is 0.423 e. The van der Waals surface area contributed by atoms with Crippen molar-refractivity contribution in [1.82, 2.24) is 0 Å². The lowest BCUT2D eigenvalue weighted by molar-refractivity contribution is -0.768. The van der Waals surface area contributed by atoms with Crippen molar-refractivity contribution in [3.8, 4) is 21.9 Å². The molecule has 0 saturated carbocycles. The summed E-state index contributed by atoms with van der Waals surface area (Å²) in [6, 6.07) is 22.5. The Morgan fingerprint density at radius 1 is 0.950 bits per heavy atom. The molecule has 3 aromatic carbocycles. The van der Waals surface area contributed by atoms with Gasteiger partial charge in [-0.3, -0.25) is 0 Å². The third-order valence-electron chi connectivity index (χ3n) is 5.67. The maximum atomic E-state index is 12.5. The Hall–Kier alpha value is -4.19. The van der Waals surface area contributed by atoms with Crippen LogP contribution in [0.4, 0.5) is 0 Å². The van der Waals surface area contributed by atoms with Crippen molar-refractivity contribution in [2.24, 2.45) is 0 Å². The molecule has 0 fully saturated rings. The van der Waals surface area contributed by atoms with Crippen LogP contribution in [-0.4, -0.2) is 23.1 Å². The van der Waals surface area contributed by atoms with Crippen molar-refractivity contribution in [3.05, 3.63) is 116 Å². The number of ether oxygens (including phenoxy) is 2. The standard InChI is InChI=1S/C29H23NO7S3/c1-2-23(37-30(33)34)17-20-3-8-22(9-4-20)29(32)36-25-12-5-19(6-13-25)7-16-27(31)35-24-14-10-21(11-15-24)26-18-28(38)40-39-26/h3-16,18,23H,2,17H2,1H3/b16-7+. The van der Waals surface area contributed by atoms with E-state index in [-0.39, 0.29) is 0 Å². The summed E-state index contributed by atoms with van der Waals surface area (Å²) < 4.78 is 11.6. The van der Waals surface area contributed by atoms with Crippen molar-refractivity contribution in [1.29, 1.82) is 0 Å². The summed E-state index contributed by atoms with van der Waals surface area (Å²) in [5.74, 6) is -0.285. The topological polar surface area (TPSA) is 105 Å². The van der Waals surface area contributed by atoms with Gasteiger partial charge < -0.3 is 14.3 Å². The highest BCUT2D eigenvalue weighted by Gasteiger charge is 2.14. The number of benzene rings is 3. The van der Waals surface area contributed by atoms with Crippen LogP contribution < -0.4 is 9.47 Å².